The maximum absolute atomic E-state index is 9.56. The van der Waals surface area contributed by atoms with Crippen LogP contribution >= 0.6 is 23.2 Å². The monoisotopic (exact) mass is 323 g/mol. The van der Waals surface area contributed by atoms with Gasteiger partial charge in [0.2, 0.25) is 0 Å². The lowest BCUT2D eigenvalue weighted by Gasteiger charge is -2.18. The molecule has 0 saturated heterocycles. The summed E-state index contributed by atoms with van der Waals surface area (Å²) in [5, 5.41) is 14.2. The Balaban J connectivity index is 2.09. The molecule has 0 saturated carbocycles. The largest absolute Gasteiger partial charge is 0.508 e. The summed E-state index contributed by atoms with van der Waals surface area (Å²) < 4.78 is 0. The molecule has 0 amide bonds. The van der Waals surface area contributed by atoms with E-state index in [1.807, 2.05) is 30.3 Å². The predicted molar refractivity (Wildman–Crippen MR) is 89.4 cm³/mol. The van der Waals surface area contributed by atoms with E-state index in [0.29, 0.717) is 15.8 Å². The zero-order chi connectivity index (χ0) is 15.2. The molecular weight excluding hydrogens is 305 g/mol. The molecule has 0 aliphatic heterocycles. The van der Waals surface area contributed by atoms with Crippen LogP contribution in [0.15, 0.2) is 42.5 Å². The van der Waals surface area contributed by atoms with Gasteiger partial charge in [0, 0.05) is 6.04 Å². The van der Waals surface area contributed by atoms with Gasteiger partial charge in [-0.05, 0) is 54.8 Å². The van der Waals surface area contributed by atoms with Crippen molar-refractivity contribution in [2.24, 2.45) is 0 Å². The molecule has 1 unspecified atom stereocenters. The number of hydrogen-bond acceptors (Lipinski definition) is 2. The molecule has 0 aliphatic rings. The predicted octanol–water partition coefficient (Wildman–Crippen LogP) is 4.46. The Morgan fingerprint density at radius 3 is 2.33 bits per heavy atom. The quantitative estimate of drug-likeness (QED) is 0.822. The second kappa shape index (κ2) is 7.69. The molecule has 0 heterocycles. The molecule has 4 heteroatoms. The molecule has 0 fully saturated rings. The number of aromatic hydroxyl groups is 1. The number of rotatable bonds is 6. The first-order chi connectivity index (χ1) is 10.1. The van der Waals surface area contributed by atoms with Crippen LogP contribution in [0.5, 0.6) is 5.75 Å². The van der Waals surface area contributed by atoms with Crippen molar-refractivity contribution in [1.29, 1.82) is 0 Å². The van der Waals surface area contributed by atoms with Gasteiger partial charge in [-0.25, -0.2) is 0 Å². The molecule has 0 spiro atoms. The topological polar surface area (TPSA) is 32.3 Å². The Kier molecular flexibility index (Phi) is 5.92. The second-order valence-electron chi connectivity index (χ2n) is 5.08. The van der Waals surface area contributed by atoms with Crippen molar-refractivity contribution in [3.05, 3.63) is 63.6 Å². The Morgan fingerprint density at radius 1 is 1.00 bits per heavy atom. The molecule has 0 radical (unpaired) electrons. The lowest BCUT2D eigenvalue weighted by atomic mass is 9.99. The summed E-state index contributed by atoms with van der Waals surface area (Å²) in [5.41, 5.74) is 2.26. The summed E-state index contributed by atoms with van der Waals surface area (Å²) in [5.74, 6) is 0.303. The maximum Gasteiger partial charge on any atom is 0.115 e. The molecular formula is C17H19Cl2NO. The lowest BCUT2D eigenvalue weighted by Crippen LogP contribution is -2.33. The highest BCUT2D eigenvalue weighted by Gasteiger charge is 2.11. The molecule has 0 aromatic heterocycles. The third kappa shape index (κ3) is 4.92. The van der Waals surface area contributed by atoms with Gasteiger partial charge in [-0.1, -0.05) is 48.3 Å². The van der Waals surface area contributed by atoms with E-state index in [1.165, 1.54) is 0 Å². The van der Waals surface area contributed by atoms with E-state index in [9.17, 15) is 5.11 Å². The number of halogens is 2. The summed E-state index contributed by atoms with van der Waals surface area (Å²) in [4.78, 5) is 0. The SMILES string of the molecule is CCNC(Cc1cccc(O)c1)Cc1ccc(Cl)c(Cl)c1. The fraction of sp³-hybridized carbons (Fsp3) is 0.294. The molecule has 112 valence electrons. The molecule has 2 rings (SSSR count). The first-order valence-corrected chi connectivity index (χ1v) is 7.79. The van der Waals surface area contributed by atoms with Gasteiger partial charge < -0.3 is 10.4 Å². The highest BCUT2D eigenvalue weighted by molar-refractivity contribution is 6.42. The molecule has 2 aromatic rings. The summed E-state index contributed by atoms with van der Waals surface area (Å²) in [7, 11) is 0. The zero-order valence-electron chi connectivity index (χ0n) is 11.9. The number of nitrogens with one attached hydrogen (secondary N) is 1. The third-order valence-electron chi connectivity index (χ3n) is 3.35. The van der Waals surface area contributed by atoms with Gasteiger partial charge in [-0.2, -0.15) is 0 Å². The molecule has 0 bridgehead atoms. The van der Waals surface area contributed by atoms with E-state index in [4.69, 9.17) is 23.2 Å². The van der Waals surface area contributed by atoms with E-state index in [-0.39, 0.29) is 6.04 Å². The minimum absolute atomic E-state index is 0.286. The van der Waals surface area contributed by atoms with E-state index in [1.54, 1.807) is 12.1 Å². The summed E-state index contributed by atoms with van der Waals surface area (Å²) >= 11 is 12.0. The van der Waals surface area contributed by atoms with Crippen molar-refractivity contribution >= 4 is 23.2 Å². The van der Waals surface area contributed by atoms with Gasteiger partial charge in [-0.15, -0.1) is 0 Å². The minimum Gasteiger partial charge on any atom is -0.508 e. The standard InChI is InChI=1S/C17H19Cl2NO/c1-2-20-14(8-12-4-3-5-15(21)10-12)9-13-6-7-16(18)17(19)11-13/h3-7,10-11,14,20-21H,2,8-9H2,1H3. The van der Waals surface area contributed by atoms with Crippen LogP contribution < -0.4 is 5.32 Å². The Morgan fingerprint density at radius 2 is 1.71 bits per heavy atom. The van der Waals surface area contributed by atoms with Crippen LogP contribution in [0.1, 0.15) is 18.1 Å². The average molecular weight is 324 g/mol. The first-order valence-electron chi connectivity index (χ1n) is 7.03. The van der Waals surface area contributed by atoms with E-state index in [0.717, 1.165) is 30.5 Å². The Hall–Kier alpha value is -1.22. The van der Waals surface area contributed by atoms with Crippen molar-refractivity contribution < 1.29 is 5.11 Å². The average Bonchev–Trinajstić information content (AvgIpc) is 2.43. The summed E-state index contributed by atoms with van der Waals surface area (Å²) in [6.45, 7) is 2.98. The van der Waals surface area contributed by atoms with Crippen molar-refractivity contribution in [2.45, 2.75) is 25.8 Å². The number of phenols is 1. The maximum atomic E-state index is 9.56. The van der Waals surface area contributed by atoms with Gasteiger partial charge in [-0.3, -0.25) is 0 Å². The van der Waals surface area contributed by atoms with E-state index >= 15 is 0 Å². The normalized spacial score (nSPS) is 12.3. The minimum atomic E-state index is 0.286. The van der Waals surface area contributed by atoms with Crippen LogP contribution in [0.4, 0.5) is 0 Å². The molecule has 0 aliphatic carbocycles. The van der Waals surface area contributed by atoms with Gasteiger partial charge in [0.15, 0.2) is 0 Å². The smallest absolute Gasteiger partial charge is 0.115 e. The van der Waals surface area contributed by atoms with Gasteiger partial charge >= 0.3 is 0 Å². The molecule has 1 atom stereocenters. The van der Waals surface area contributed by atoms with Crippen molar-refractivity contribution in [2.75, 3.05) is 6.54 Å². The highest BCUT2D eigenvalue weighted by atomic mass is 35.5. The highest BCUT2D eigenvalue weighted by Crippen LogP contribution is 2.23. The van der Waals surface area contributed by atoms with Crippen molar-refractivity contribution in [3.8, 4) is 5.75 Å². The van der Waals surface area contributed by atoms with Crippen LogP contribution in [-0.2, 0) is 12.8 Å². The number of phenolic OH excluding ortho intramolecular Hbond substituents is 1. The van der Waals surface area contributed by atoms with Crippen LogP contribution in [-0.4, -0.2) is 17.7 Å². The fourth-order valence-electron chi connectivity index (χ4n) is 2.42. The summed E-state index contributed by atoms with van der Waals surface area (Å²) in [6.07, 6.45) is 1.71. The van der Waals surface area contributed by atoms with Gasteiger partial charge in [0.05, 0.1) is 10.0 Å². The summed E-state index contributed by atoms with van der Waals surface area (Å²) in [6, 6.07) is 13.4. The Bertz CT molecular complexity index is 601. The lowest BCUT2D eigenvalue weighted by molar-refractivity contribution is 0.472. The second-order valence-corrected chi connectivity index (χ2v) is 5.90. The van der Waals surface area contributed by atoms with E-state index < -0.39 is 0 Å². The van der Waals surface area contributed by atoms with Gasteiger partial charge in [0.25, 0.3) is 0 Å². The van der Waals surface area contributed by atoms with Crippen molar-refractivity contribution in [1.82, 2.24) is 5.32 Å². The van der Waals surface area contributed by atoms with Crippen LogP contribution in [0.2, 0.25) is 10.0 Å². The molecule has 21 heavy (non-hydrogen) atoms. The van der Waals surface area contributed by atoms with E-state index in [2.05, 4.69) is 12.2 Å². The van der Waals surface area contributed by atoms with Crippen LogP contribution in [0, 0.1) is 0 Å². The van der Waals surface area contributed by atoms with Gasteiger partial charge in [0.1, 0.15) is 5.75 Å². The number of hydrogen-bond donors (Lipinski definition) is 2. The first kappa shape index (κ1) is 16.2. The molecule has 2 N–H and O–H groups in total. The third-order valence-corrected chi connectivity index (χ3v) is 4.09. The number of likely N-dealkylation sites (N-methyl/N-ethyl adjacent to an activating group) is 1. The zero-order valence-corrected chi connectivity index (χ0v) is 13.5. The number of benzene rings is 2. The van der Waals surface area contributed by atoms with Crippen LogP contribution in [0.25, 0.3) is 0 Å². The Labute approximate surface area is 135 Å². The molecule has 2 aromatic carbocycles. The fourth-order valence-corrected chi connectivity index (χ4v) is 2.74. The van der Waals surface area contributed by atoms with Crippen molar-refractivity contribution in [3.63, 3.8) is 0 Å². The van der Waals surface area contributed by atoms with Crippen LogP contribution in [0.3, 0.4) is 0 Å². The molecule has 2 nitrogen and oxygen atoms in total.